The largest absolute Gasteiger partial charge is 0.346 e. The van der Waals surface area contributed by atoms with Crippen molar-refractivity contribution in [2.45, 2.75) is 132 Å². The first kappa shape index (κ1) is 46.1. The number of allylic oxidation sites excluding steroid dienone is 1. The van der Waals surface area contributed by atoms with Crippen molar-refractivity contribution in [2.24, 2.45) is 16.7 Å². The Labute approximate surface area is 311 Å². The van der Waals surface area contributed by atoms with Crippen LogP contribution in [0.15, 0.2) is 24.3 Å². The van der Waals surface area contributed by atoms with Crippen molar-refractivity contribution in [1.29, 1.82) is 0 Å². The number of urea groups is 1. The van der Waals surface area contributed by atoms with Gasteiger partial charge in [0.25, 0.3) is 5.91 Å². The van der Waals surface area contributed by atoms with Gasteiger partial charge < -0.3 is 36.0 Å². The highest BCUT2D eigenvalue weighted by Crippen LogP contribution is 2.30. The van der Waals surface area contributed by atoms with Crippen molar-refractivity contribution < 1.29 is 28.5 Å². The highest BCUT2D eigenvalue weighted by molar-refractivity contribution is 7.91. The summed E-state index contributed by atoms with van der Waals surface area (Å²) in [6.07, 6.45) is 5.50. The van der Waals surface area contributed by atoms with Crippen molar-refractivity contribution in [2.75, 3.05) is 32.7 Å². The summed E-state index contributed by atoms with van der Waals surface area (Å²) in [5, 5.41) is 14.7. The quantitative estimate of drug-likeness (QED) is 0.0351. The van der Waals surface area contributed by atoms with Crippen LogP contribution in [-0.2, 0) is 19.2 Å². The Bertz CT molecular complexity index is 1210. The summed E-state index contributed by atoms with van der Waals surface area (Å²) in [5.41, 5.74) is 0.00564. The van der Waals surface area contributed by atoms with E-state index in [4.69, 9.17) is 0 Å². The number of Topliss-reactive ketones (excluding diaryl/α,β-unsaturated/α-hetero) is 1. The van der Waals surface area contributed by atoms with E-state index in [0.717, 1.165) is 12.0 Å². The van der Waals surface area contributed by atoms with Crippen LogP contribution in [0.1, 0.15) is 102 Å². The smallest absolute Gasteiger partial charge is 0.315 e. The SMILES string of the molecule is C=CCNC(=O)C(=O)C(CCCC)NC(=O)[C@@H]1CC(C=C(C)C)CN1C(=O)[C@@H](NC(=O)N[C@H](CNCCN(SO)C(C)C)C(C)(C)C)C(C)(C)C. The van der Waals surface area contributed by atoms with Gasteiger partial charge in [0.05, 0.1) is 18.3 Å². The van der Waals surface area contributed by atoms with E-state index in [1.54, 1.807) is 0 Å². The number of ketones is 1. The summed E-state index contributed by atoms with van der Waals surface area (Å²) < 4.78 is 11.4. The van der Waals surface area contributed by atoms with Gasteiger partial charge >= 0.3 is 6.03 Å². The minimum absolute atomic E-state index is 0.114. The van der Waals surface area contributed by atoms with Gasteiger partial charge in [-0.15, -0.1) is 6.58 Å². The van der Waals surface area contributed by atoms with Gasteiger partial charge in [0.1, 0.15) is 12.1 Å². The molecule has 1 heterocycles. The molecule has 51 heavy (non-hydrogen) atoms. The molecule has 0 aromatic carbocycles. The van der Waals surface area contributed by atoms with Gasteiger partial charge in [0, 0.05) is 44.8 Å². The zero-order chi connectivity index (χ0) is 39.1. The van der Waals surface area contributed by atoms with Crippen LogP contribution in [0.4, 0.5) is 4.79 Å². The third-order valence-corrected chi connectivity index (χ3v) is 9.69. The molecular weight excluding hydrogens is 671 g/mol. The summed E-state index contributed by atoms with van der Waals surface area (Å²) in [5.74, 6) is -2.56. The van der Waals surface area contributed by atoms with E-state index in [1.165, 1.54) is 11.0 Å². The Kier molecular flexibility index (Phi) is 19.5. The molecule has 0 bridgehead atoms. The van der Waals surface area contributed by atoms with Gasteiger partial charge in [-0.2, -0.15) is 0 Å². The summed E-state index contributed by atoms with van der Waals surface area (Å²) in [4.78, 5) is 69.1. The van der Waals surface area contributed by atoms with Crippen molar-refractivity contribution in [3.8, 4) is 0 Å². The number of hydrogen-bond donors (Lipinski definition) is 6. The number of unbranched alkanes of at least 4 members (excludes halogenated alkanes) is 1. The average molecular weight is 738 g/mol. The van der Waals surface area contributed by atoms with Gasteiger partial charge in [-0.3, -0.25) is 19.2 Å². The maximum Gasteiger partial charge on any atom is 0.315 e. The van der Waals surface area contributed by atoms with Crippen LogP contribution in [0.2, 0.25) is 0 Å². The summed E-state index contributed by atoms with van der Waals surface area (Å²) >= 11 is 0.706. The molecule has 0 aromatic rings. The molecule has 292 valence electrons. The highest BCUT2D eigenvalue weighted by atomic mass is 32.2. The van der Waals surface area contributed by atoms with E-state index in [2.05, 4.69) is 33.2 Å². The topological polar surface area (TPSA) is 172 Å². The Balaban J connectivity index is 3.27. The predicted molar refractivity (Wildman–Crippen MR) is 206 cm³/mol. The zero-order valence-electron chi connectivity index (χ0n) is 33.0. The van der Waals surface area contributed by atoms with Crippen molar-refractivity contribution in [3.63, 3.8) is 0 Å². The second-order valence-corrected chi connectivity index (χ2v) is 16.8. The van der Waals surface area contributed by atoms with E-state index in [0.29, 0.717) is 44.7 Å². The minimum Gasteiger partial charge on any atom is -0.346 e. The molecule has 1 aliphatic rings. The molecule has 1 aliphatic heterocycles. The number of carbonyl (C=O) groups is 5. The summed E-state index contributed by atoms with van der Waals surface area (Å²) in [6, 6.07) is -3.56. The molecule has 0 spiro atoms. The molecule has 1 fully saturated rings. The number of nitrogens with zero attached hydrogens (tertiary/aromatic N) is 2. The normalized spacial score (nSPS) is 18.1. The van der Waals surface area contributed by atoms with Crippen molar-refractivity contribution in [1.82, 2.24) is 35.8 Å². The third-order valence-electron chi connectivity index (χ3n) is 8.88. The third kappa shape index (κ3) is 15.7. The van der Waals surface area contributed by atoms with Crippen LogP contribution >= 0.6 is 12.2 Å². The molecule has 5 atom stereocenters. The molecule has 13 nitrogen and oxygen atoms in total. The first-order valence-electron chi connectivity index (χ1n) is 18.2. The van der Waals surface area contributed by atoms with Crippen LogP contribution in [0.25, 0.3) is 0 Å². The second kappa shape index (κ2) is 21.6. The summed E-state index contributed by atoms with van der Waals surface area (Å²) in [7, 11) is 0. The van der Waals surface area contributed by atoms with E-state index < -0.39 is 53.1 Å². The lowest BCUT2D eigenvalue weighted by molar-refractivity contribution is -0.143. The number of likely N-dealkylation sites (tertiary alicyclic amines) is 1. The van der Waals surface area contributed by atoms with Crippen LogP contribution in [-0.4, -0.2) is 106 Å². The van der Waals surface area contributed by atoms with Crippen LogP contribution in [0.3, 0.4) is 0 Å². The van der Waals surface area contributed by atoms with Crippen LogP contribution < -0.4 is 26.6 Å². The molecule has 0 saturated carbocycles. The Morgan fingerprint density at radius 3 is 2.18 bits per heavy atom. The second-order valence-electron chi connectivity index (χ2n) is 16.2. The fourth-order valence-corrected chi connectivity index (χ4v) is 6.22. The first-order valence-corrected chi connectivity index (χ1v) is 19.0. The number of hydrogen-bond acceptors (Lipinski definition) is 9. The van der Waals surface area contributed by atoms with E-state index in [1.807, 2.05) is 86.5 Å². The molecule has 0 aliphatic carbocycles. The Morgan fingerprint density at radius 2 is 1.67 bits per heavy atom. The van der Waals surface area contributed by atoms with Gasteiger partial charge in [0.2, 0.25) is 17.6 Å². The number of amides is 5. The van der Waals surface area contributed by atoms with Gasteiger partial charge in [-0.05, 0) is 57.3 Å². The minimum atomic E-state index is -1.04. The summed E-state index contributed by atoms with van der Waals surface area (Å²) in [6.45, 7) is 27.1. The molecule has 6 N–H and O–H groups in total. The Morgan fingerprint density at radius 1 is 1.02 bits per heavy atom. The number of rotatable bonds is 20. The lowest BCUT2D eigenvalue weighted by Gasteiger charge is -2.37. The molecule has 2 unspecified atom stereocenters. The van der Waals surface area contributed by atoms with Crippen molar-refractivity contribution in [3.05, 3.63) is 24.3 Å². The zero-order valence-corrected chi connectivity index (χ0v) is 33.8. The number of nitrogens with one attached hydrogen (secondary N) is 5. The number of carbonyl (C=O) groups excluding carboxylic acids is 5. The van der Waals surface area contributed by atoms with Gasteiger partial charge in [-0.1, -0.05) is 79.0 Å². The maximum atomic E-state index is 14.4. The monoisotopic (exact) mass is 737 g/mol. The average Bonchev–Trinajstić information content (AvgIpc) is 3.45. The molecule has 1 saturated heterocycles. The van der Waals surface area contributed by atoms with E-state index >= 15 is 0 Å². The molecule has 14 heteroatoms. The van der Waals surface area contributed by atoms with Gasteiger partial charge in [-0.25, -0.2) is 9.10 Å². The highest BCUT2D eigenvalue weighted by Gasteiger charge is 2.45. The van der Waals surface area contributed by atoms with E-state index in [9.17, 15) is 28.5 Å². The molecule has 0 aromatic heterocycles. The molecule has 0 radical (unpaired) electrons. The molecule has 1 rings (SSSR count). The van der Waals surface area contributed by atoms with Crippen molar-refractivity contribution >= 4 is 41.8 Å². The predicted octanol–water partition coefficient (Wildman–Crippen LogP) is 4.27. The fourth-order valence-electron chi connectivity index (χ4n) is 5.86. The fraction of sp³-hybridized carbons (Fsp3) is 0.757. The lowest BCUT2D eigenvalue weighted by atomic mass is 9.85. The maximum absolute atomic E-state index is 14.4. The van der Waals surface area contributed by atoms with E-state index in [-0.39, 0.29) is 42.9 Å². The van der Waals surface area contributed by atoms with Crippen LogP contribution in [0, 0.1) is 16.7 Å². The van der Waals surface area contributed by atoms with Gasteiger partial charge in [0.15, 0.2) is 0 Å². The first-order chi connectivity index (χ1) is 23.7. The van der Waals surface area contributed by atoms with Crippen LogP contribution in [0.5, 0.6) is 0 Å². The molecule has 5 amide bonds. The Hall–Kier alpha value is -2.94. The molecular formula is C37H67N7O6S. The lowest BCUT2D eigenvalue weighted by Crippen LogP contribution is -2.61. The standard InChI is InChI=1S/C37H67N7O6S/c1-13-15-16-27(30(45)33(47)39-17-14-2)40-32(46)28-21-26(20-24(3)4)23-43(28)34(48)31(37(10,11)12)42-35(49)41-29(36(7,8)9)22-38-18-19-44(51-50)25(5)6/h14,20,25-29,31,38,50H,2,13,15-19,21-23H2,1,3-12H3,(H,39,47)(H,40,46)(H2,41,42,49)/t26?,27?,28-,29+,31+/m0/s1.